The van der Waals surface area contributed by atoms with Crippen LogP contribution in [0, 0.1) is 5.92 Å². The van der Waals surface area contributed by atoms with Gasteiger partial charge >= 0.3 is 0 Å². The first-order valence-corrected chi connectivity index (χ1v) is 13.2. The Hall–Kier alpha value is -3.32. The number of amides is 1. The molecule has 2 heterocycles. The first kappa shape index (κ1) is 26.7. The summed E-state index contributed by atoms with van der Waals surface area (Å²) < 4.78 is 23.7. The molecule has 0 spiro atoms. The van der Waals surface area contributed by atoms with Gasteiger partial charge in [-0.05, 0) is 69.4 Å². The lowest BCUT2D eigenvalue weighted by Gasteiger charge is -2.26. The molecule has 1 atom stereocenters. The van der Waals surface area contributed by atoms with E-state index in [-0.39, 0.29) is 23.2 Å². The van der Waals surface area contributed by atoms with E-state index >= 15 is 0 Å². The number of carbonyl (C=O) groups is 1. The number of carbonyl (C=O) groups excluding carboxylic acids is 1. The van der Waals surface area contributed by atoms with Gasteiger partial charge in [-0.2, -0.15) is 0 Å². The fourth-order valence-corrected chi connectivity index (χ4v) is 4.59. The fourth-order valence-electron chi connectivity index (χ4n) is 4.59. The van der Waals surface area contributed by atoms with Crippen LogP contribution < -0.4 is 14.9 Å². The summed E-state index contributed by atoms with van der Waals surface area (Å²) in [5, 5.41) is 0.461. The number of ether oxygens (including phenoxy) is 3. The lowest BCUT2D eigenvalue weighted by molar-refractivity contribution is 0.0593. The Bertz CT molecular complexity index is 1290. The molecule has 37 heavy (non-hydrogen) atoms. The van der Waals surface area contributed by atoms with Crippen molar-refractivity contribution < 1.29 is 23.4 Å². The minimum absolute atomic E-state index is 0.104. The number of benzene rings is 2. The normalized spacial score (nSPS) is 15.2. The van der Waals surface area contributed by atoms with Crippen molar-refractivity contribution in [3.05, 3.63) is 69.6 Å². The maximum absolute atomic E-state index is 13.7. The minimum Gasteiger partial charge on any atom is -0.490 e. The summed E-state index contributed by atoms with van der Waals surface area (Å²) in [4.78, 5) is 29.0. The summed E-state index contributed by atoms with van der Waals surface area (Å²) in [6.45, 7) is 12.2. The van der Waals surface area contributed by atoms with Crippen molar-refractivity contribution in [1.82, 2.24) is 4.90 Å². The van der Waals surface area contributed by atoms with E-state index in [1.807, 2.05) is 39.0 Å². The summed E-state index contributed by atoms with van der Waals surface area (Å²) in [7, 11) is 0. The lowest BCUT2D eigenvalue weighted by Crippen LogP contribution is -2.31. The topological polar surface area (TPSA) is 78.2 Å². The van der Waals surface area contributed by atoms with Crippen LogP contribution in [0.3, 0.4) is 0 Å². The number of para-hydroxylation sites is 1. The van der Waals surface area contributed by atoms with Crippen LogP contribution in [0.2, 0.25) is 0 Å². The molecule has 0 saturated heterocycles. The molecule has 4 rings (SSSR count). The molecule has 0 aliphatic carbocycles. The zero-order chi connectivity index (χ0) is 26.5. The summed E-state index contributed by atoms with van der Waals surface area (Å²) in [5.41, 5.74) is 1.36. The molecule has 1 aliphatic rings. The number of nitrogens with zero attached hydrogens (tertiary/aromatic N) is 1. The van der Waals surface area contributed by atoms with Crippen LogP contribution in [0.1, 0.15) is 75.2 Å². The highest BCUT2D eigenvalue weighted by atomic mass is 16.5. The second-order valence-corrected chi connectivity index (χ2v) is 10.0. The van der Waals surface area contributed by atoms with Crippen LogP contribution in [0.5, 0.6) is 11.5 Å². The zero-order valence-electron chi connectivity index (χ0n) is 22.4. The van der Waals surface area contributed by atoms with E-state index in [2.05, 4.69) is 13.8 Å². The Morgan fingerprint density at radius 2 is 1.76 bits per heavy atom. The van der Waals surface area contributed by atoms with Gasteiger partial charge in [-0.3, -0.25) is 9.59 Å². The molecule has 1 unspecified atom stereocenters. The fraction of sp³-hybridized carbons (Fsp3) is 0.467. The van der Waals surface area contributed by atoms with Gasteiger partial charge in [0.25, 0.3) is 5.91 Å². The van der Waals surface area contributed by atoms with Crippen LogP contribution in [0.25, 0.3) is 11.0 Å². The van der Waals surface area contributed by atoms with Gasteiger partial charge in [0.05, 0.1) is 36.3 Å². The minimum atomic E-state index is -0.591. The van der Waals surface area contributed by atoms with E-state index in [1.54, 1.807) is 29.2 Å². The Balaban J connectivity index is 1.76. The quantitative estimate of drug-likeness (QED) is 0.281. The molecule has 1 amide bonds. The van der Waals surface area contributed by atoms with E-state index < -0.39 is 6.04 Å². The van der Waals surface area contributed by atoms with Crippen LogP contribution in [0.4, 0.5) is 0 Å². The summed E-state index contributed by atoms with van der Waals surface area (Å²) in [5.74, 6) is 1.59. The van der Waals surface area contributed by atoms with Gasteiger partial charge in [-0.1, -0.05) is 32.0 Å². The summed E-state index contributed by atoms with van der Waals surface area (Å²) in [6, 6.07) is 12.1. The van der Waals surface area contributed by atoms with Gasteiger partial charge in [0, 0.05) is 13.2 Å². The lowest BCUT2D eigenvalue weighted by atomic mass is 9.98. The van der Waals surface area contributed by atoms with E-state index in [0.717, 1.165) is 12.0 Å². The highest BCUT2D eigenvalue weighted by molar-refractivity contribution is 5.99. The third-order valence-corrected chi connectivity index (χ3v) is 6.40. The highest BCUT2D eigenvalue weighted by Crippen LogP contribution is 2.41. The predicted octanol–water partition coefficient (Wildman–Crippen LogP) is 5.98. The largest absolute Gasteiger partial charge is 0.490 e. The molecule has 0 bridgehead atoms. The van der Waals surface area contributed by atoms with Crippen molar-refractivity contribution in [1.29, 1.82) is 0 Å². The van der Waals surface area contributed by atoms with Crippen molar-refractivity contribution in [2.24, 2.45) is 5.92 Å². The second kappa shape index (κ2) is 11.8. The van der Waals surface area contributed by atoms with Crippen molar-refractivity contribution in [2.45, 2.75) is 59.6 Å². The zero-order valence-corrected chi connectivity index (χ0v) is 22.4. The maximum atomic E-state index is 13.7. The average Bonchev–Trinajstić information content (AvgIpc) is 3.14. The summed E-state index contributed by atoms with van der Waals surface area (Å²) in [6.07, 6.45) is 1.67. The molecule has 7 heteroatoms. The Kier molecular flexibility index (Phi) is 8.54. The van der Waals surface area contributed by atoms with Gasteiger partial charge in [0.15, 0.2) is 16.9 Å². The van der Waals surface area contributed by atoms with Crippen LogP contribution in [-0.4, -0.2) is 43.3 Å². The monoisotopic (exact) mass is 507 g/mol. The molecular formula is C30H37NO6. The van der Waals surface area contributed by atoms with Crippen molar-refractivity contribution in [3.63, 3.8) is 0 Å². The van der Waals surface area contributed by atoms with E-state index in [1.165, 1.54) is 0 Å². The third-order valence-electron chi connectivity index (χ3n) is 6.40. The molecule has 0 saturated carbocycles. The number of rotatable bonds is 12. The van der Waals surface area contributed by atoms with Crippen molar-refractivity contribution in [2.75, 3.05) is 26.4 Å². The van der Waals surface area contributed by atoms with E-state index in [0.29, 0.717) is 66.7 Å². The molecule has 0 fully saturated rings. The van der Waals surface area contributed by atoms with Gasteiger partial charge in [-0.15, -0.1) is 0 Å². The molecule has 1 aromatic heterocycles. The standard InChI is InChI=1S/C30H37NO6/c1-6-34-25-18-21(12-13-24(25)36-17-14-19(2)3)27-26-28(32)22-10-7-8-11-23(22)37-29(26)30(33)31(27)15-9-16-35-20(4)5/h7-8,10-13,18-20,27H,6,9,14-17H2,1-5H3. The van der Waals surface area contributed by atoms with Gasteiger partial charge in [0.1, 0.15) is 5.58 Å². The third kappa shape index (κ3) is 5.82. The Morgan fingerprint density at radius 1 is 0.973 bits per heavy atom. The predicted molar refractivity (Wildman–Crippen MR) is 144 cm³/mol. The molecule has 0 N–H and O–H groups in total. The molecule has 7 nitrogen and oxygen atoms in total. The average molecular weight is 508 g/mol. The van der Waals surface area contributed by atoms with Crippen LogP contribution >= 0.6 is 0 Å². The molecule has 1 aliphatic heterocycles. The highest BCUT2D eigenvalue weighted by Gasteiger charge is 2.42. The van der Waals surface area contributed by atoms with Gasteiger partial charge in [-0.25, -0.2) is 0 Å². The van der Waals surface area contributed by atoms with Gasteiger partial charge in [0.2, 0.25) is 5.76 Å². The maximum Gasteiger partial charge on any atom is 0.290 e. The second-order valence-electron chi connectivity index (χ2n) is 10.0. The molecule has 198 valence electrons. The van der Waals surface area contributed by atoms with Crippen LogP contribution in [0.15, 0.2) is 51.7 Å². The molecule has 2 aromatic carbocycles. The van der Waals surface area contributed by atoms with Crippen molar-refractivity contribution in [3.8, 4) is 11.5 Å². The van der Waals surface area contributed by atoms with E-state index in [4.69, 9.17) is 18.6 Å². The summed E-state index contributed by atoms with van der Waals surface area (Å²) >= 11 is 0. The van der Waals surface area contributed by atoms with Crippen molar-refractivity contribution >= 4 is 16.9 Å². The van der Waals surface area contributed by atoms with Gasteiger partial charge < -0.3 is 23.5 Å². The van der Waals surface area contributed by atoms with Crippen LogP contribution in [-0.2, 0) is 4.74 Å². The molecule has 3 aromatic rings. The Labute approximate surface area is 218 Å². The Morgan fingerprint density at radius 3 is 2.49 bits per heavy atom. The number of hydrogen-bond donors (Lipinski definition) is 0. The first-order valence-electron chi connectivity index (χ1n) is 13.2. The number of hydrogen-bond acceptors (Lipinski definition) is 6. The van der Waals surface area contributed by atoms with E-state index in [9.17, 15) is 9.59 Å². The molecular weight excluding hydrogens is 470 g/mol. The SMILES string of the molecule is CCOc1cc(C2c3c(oc4ccccc4c3=O)C(=O)N2CCCOC(C)C)ccc1OCCC(C)C. The first-order chi connectivity index (χ1) is 17.8. The smallest absolute Gasteiger partial charge is 0.290 e. The number of fused-ring (bicyclic) bond motifs is 2. The molecule has 0 radical (unpaired) electrons.